The van der Waals surface area contributed by atoms with Crippen LogP contribution in [0.5, 0.6) is 0 Å². The molecule has 0 aliphatic heterocycles. The highest BCUT2D eigenvalue weighted by Crippen LogP contribution is 2.52. The van der Waals surface area contributed by atoms with Gasteiger partial charge >= 0.3 is 18.0 Å². The Balaban J connectivity index is 2.78. The summed E-state index contributed by atoms with van der Waals surface area (Å²) in [4.78, 5) is 23.5. The van der Waals surface area contributed by atoms with Crippen LogP contribution in [-0.4, -0.2) is 29.6 Å². The molecule has 0 radical (unpaired) electrons. The first kappa shape index (κ1) is 17.9. The van der Waals surface area contributed by atoms with E-state index in [1.807, 2.05) is 0 Å². The highest BCUT2D eigenvalue weighted by atomic mass is 19.4. The van der Waals surface area contributed by atoms with Gasteiger partial charge < -0.3 is 0 Å². The first-order valence-electron chi connectivity index (χ1n) is 6.30. The quantitative estimate of drug-likeness (QED) is 0.609. The van der Waals surface area contributed by atoms with Crippen LogP contribution in [0.25, 0.3) is 5.57 Å². The first-order valence-corrected chi connectivity index (χ1v) is 6.30. The van der Waals surface area contributed by atoms with Crippen molar-refractivity contribution in [2.75, 3.05) is 0 Å². The summed E-state index contributed by atoms with van der Waals surface area (Å²) in [6, 6.07) is 5.98. The normalized spacial score (nSPS) is 16.8. The molecule has 0 heterocycles. The smallest absolute Gasteiger partial charge is 0.289 e. The van der Waals surface area contributed by atoms with Gasteiger partial charge in [-0.25, -0.2) is 0 Å². The van der Waals surface area contributed by atoms with E-state index in [0.717, 1.165) is 12.1 Å². The minimum Gasteiger partial charge on any atom is -0.289 e. The van der Waals surface area contributed by atoms with E-state index in [-0.39, 0.29) is 11.6 Å². The maximum Gasteiger partial charge on any atom is 0.460 e. The molecule has 0 fully saturated rings. The summed E-state index contributed by atoms with van der Waals surface area (Å²) in [7, 11) is 0. The monoisotopic (exact) mass is 352 g/mol. The van der Waals surface area contributed by atoms with Gasteiger partial charge in [0.05, 0.1) is 5.57 Å². The Kier molecular flexibility index (Phi) is 4.15. The lowest BCUT2D eigenvalue weighted by molar-refractivity contribution is -0.343. The molecule has 1 aromatic carbocycles. The van der Waals surface area contributed by atoms with Crippen LogP contribution in [0.3, 0.4) is 0 Å². The van der Waals surface area contributed by atoms with E-state index in [1.165, 1.54) is 18.2 Å². The summed E-state index contributed by atoms with van der Waals surface area (Å²) in [5.41, 5.74) is -3.73. The summed E-state index contributed by atoms with van der Waals surface area (Å²) in [6.45, 7) is 0. The van der Waals surface area contributed by atoms with Gasteiger partial charge in [-0.2, -0.15) is 30.7 Å². The topological polar surface area (TPSA) is 34.1 Å². The number of alkyl halides is 7. The zero-order valence-electron chi connectivity index (χ0n) is 11.5. The molecule has 1 aliphatic carbocycles. The van der Waals surface area contributed by atoms with Crippen molar-refractivity contribution in [3.63, 3.8) is 0 Å². The van der Waals surface area contributed by atoms with Crippen LogP contribution in [0.15, 0.2) is 48.1 Å². The van der Waals surface area contributed by atoms with E-state index in [1.54, 1.807) is 0 Å². The number of hydrogen-bond donors (Lipinski definition) is 0. The Hall–Kier alpha value is -2.45. The predicted octanol–water partition coefficient (Wildman–Crippen LogP) is 3.98. The molecular weight excluding hydrogens is 345 g/mol. The lowest BCUT2D eigenvalue weighted by atomic mass is 9.84. The first-order chi connectivity index (χ1) is 10.9. The van der Waals surface area contributed by atoms with E-state index in [2.05, 4.69) is 0 Å². The van der Waals surface area contributed by atoms with Crippen molar-refractivity contribution in [3.05, 3.63) is 53.6 Å². The third kappa shape index (κ3) is 2.63. The van der Waals surface area contributed by atoms with Crippen LogP contribution >= 0.6 is 0 Å². The van der Waals surface area contributed by atoms with Gasteiger partial charge in [0.1, 0.15) is 0 Å². The Morgan fingerprint density at radius 1 is 0.708 bits per heavy atom. The molecule has 0 saturated heterocycles. The van der Waals surface area contributed by atoms with Crippen molar-refractivity contribution in [1.29, 1.82) is 0 Å². The zero-order valence-corrected chi connectivity index (χ0v) is 11.5. The third-order valence-electron chi connectivity index (χ3n) is 3.26. The molecule has 2 rings (SSSR count). The van der Waals surface area contributed by atoms with Crippen molar-refractivity contribution < 1.29 is 40.3 Å². The van der Waals surface area contributed by atoms with Crippen molar-refractivity contribution in [2.45, 2.75) is 18.0 Å². The number of allylic oxidation sites excluding steroid dienone is 4. The molecule has 24 heavy (non-hydrogen) atoms. The van der Waals surface area contributed by atoms with Crippen molar-refractivity contribution in [3.8, 4) is 0 Å². The highest BCUT2D eigenvalue weighted by Gasteiger charge is 2.75. The maximum atomic E-state index is 14.0. The number of ketones is 2. The van der Waals surface area contributed by atoms with Gasteiger partial charge in [-0.1, -0.05) is 30.3 Å². The average Bonchev–Trinajstić information content (AvgIpc) is 2.48. The Bertz CT molecular complexity index is 743. The largest absolute Gasteiger partial charge is 0.460 e. The number of carbonyl (C=O) groups excluding carboxylic acids is 2. The van der Waals surface area contributed by atoms with Crippen LogP contribution in [0.2, 0.25) is 0 Å². The fraction of sp³-hybridized carbons (Fsp3) is 0.200. The van der Waals surface area contributed by atoms with Gasteiger partial charge in [0, 0.05) is 5.57 Å². The Morgan fingerprint density at radius 2 is 1.21 bits per heavy atom. The summed E-state index contributed by atoms with van der Waals surface area (Å²) in [5.74, 6) is -15.5. The number of benzene rings is 1. The lowest BCUT2D eigenvalue weighted by Crippen LogP contribution is -2.54. The van der Waals surface area contributed by atoms with Crippen LogP contribution in [-0.2, 0) is 9.59 Å². The molecule has 2 nitrogen and oxygen atoms in total. The fourth-order valence-corrected chi connectivity index (χ4v) is 2.10. The van der Waals surface area contributed by atoms with Gasteiger partial charge in [-0.05, 0) is 17.7 Å². The molecule has 0 atom stereocenters. The third-order valence-corrected chi connectivity index (χ3v) is 3.26. The molecule has 0 N–H and O–H groups in total. The molecule has 0 saturated carbocycles. The maximum absolute atomic E-state index is 14.0. The minimum atomic E-state index is -6.62. The molecule has 0 spiro atoms. The molecule has 0 unspecified atom stereocenters. The summed E-state index contributed by atoms with van der Waals surface area (Å²) >= 11 is 0. The summed E-state index contributed by atoms with van der Waals surface area (Å²) in [5, 5.41) is 0. The predicted molar refractivity (Wildman–Crippen MR) is 68.5 cm³/mol. The highest BCUT2D eigenvalue weighted by molar-refractivity contribution is 6.36. The van der Waals surface area contributed by atoms with Crippen LogP contribution < -0.4 is 0 Å². The van der Waals surface area contributed by atoms with E-state index in [0.29, 0.717) is 6.08 Å². The van der Waals surface area contributed by atoms with E-state index in [9.17, 15) is 40.3 Å². The average molecular weight is 352 g/mol. The standard InChI is InChI=1S/C15H7F7O2/c16-13(17,14(18,19)15(20,21)22)12-10(24)7-6-9(23)11(12)8-4-2-1-3-5-8/h1-7H. The Morgan fingerprint density at radius 3 is 1.71 bits per heavy atom. The van der Waals surface area contributed by atoms with Crippen LogP contribution in [0, 0.1) is 0 Å². The van der Waals surface area contributed by atoms with Crippen LogP contribution in [0.4, 0.5) is 30.7 Å². The molecule has 0 bridgehead atoms. The van der Waals surface area contributed by atoms with Gasteiger partial charge in [-0.3, -0.25) is 9.59 Å². The molecule has 1 aromatic rings. The second-order valence-electron chi connectivity index (χ2n) is 4.82. The van der Waals surface area contributed by atoms with Crippen molar-refractivity contribution in [1.82, 2.24) is 0 Å². The second-order valence-corrected chi connectivity index (χ2v) is 4.82. The molecule has 0 amide bonds. The van der Waals surface area contributed by atoms with Crippen molar-refractivity contribution in [2.24, 2.45) is 0 Å². The number of rotatable bonds is 3. The van der Waals surface area contributed by atoms with Crippen molar-refractivity contribution >= 4 is 17.1 Å². The molecular formula is C15H7F7O2. The van der Waals surface area contributed by atoms with Gasteiger partial charge in [0.15, 0.2) is 11.6 Å². The number of carbonyl (C=O) groups is 2. The Labute approximate surface area is 130 Å². The zero-order chi connectivity index (χ0) is 18.3. The van der Waals surface area contributed by atoms with E-state index < -0.39 is 40.7 Å². The lowest BCUT2D eigenvalue weighted by Gasteiger charge is -2.31. The van der Waals surface area contributed by atoms with Gasteiger partial charge in [0.2, 0.25) is 0 Å². The number of halogens is 7. The molecule has 9 heteroatoms. The second kappa shape index (κ2) is 5.57. The minimum absolute atomic E-state index is 0.241. The summed E-state index contributed by atoms with van der Waals surface area (Å²) in [6.07, 6.45) is -5.84. The summed E-state index contributed by atoms with van der Waals surface area (Å²) < 4.78 is 91.7. The van der Waals surface area contributed by atoms with Gasteiger partial charge in [-0.15, -0.1) is 0 Å². The number of hydrogen-bond acceptors (Lipinski definition) is 2. The van der Waals surface area contributed by atoms with E-state index >= 15 is 0 Å². The molecule has 0 aromatic heterocycles. The SMILES string of the molecule is O=C1C=CC(=O)C(C(F)(F)C(F)(F)C(F)(F)F)=C1c1ccccc1. The van der Waals surface area contributed by atoms with Gasteiger partial charge in [0.25, 0.3) is 0 Å². The molecule has 1 aliphatic rings. The van der Waals surface area contributed by atoms with E-state index in [4.69, 9.17) is 0 Å². The fourth-order valence-electron chi connectivity index (χ4n) is 2.10. The van der Waals surface area contributed by atoms with Crippen LogP contribution in [0.1, 0.15) is 5.56 Å². The molecule has 128 valence electrons.